The zero-order valence-corrected chi connectivity index (χ0v) is 64.2. The maximum absolute atomic E-state index is 15.8. The minimum absolute atomic E-state index is 0.00157. The summed E-state index contributed by atoms with van der Waals surface area (Å²) in [5, 5.41) is 7.70. The molecule has 3 aliphatic heterocycles. The van der Waals surface area contributed by atoms with Gasteiger partial charge >= 0.3 is 6.18 Å². The number of hydrogen-bond acceptors (Lipinski definition) is 13. The number of alkyl halides is 4. The van der Waals surface area contributed by atoms with Crippen molar-refractivity contribution < 1.29 is 75.4 Å². The van der Waals surface area contributed by atoms with Crippen molar-refractivity contribution in [3.63, 3.8) is 0 Å². The molecule has 5 aliphatic carbocycles. The number of rotatable bonds is 11. The number of ether oxygens (including phenoxy) is 1. The summed E-state index contributed by atoms with van der Waals surface area (Å²) in [4.78, 5) is 193. The molecule has 13 atom stereocenters. The van der Waals surface area contributed by atoms with Crippen LogP contribution in [-0.4, -0.2) is 258 Å². The highest BCUT2D eigenvalue weighted by atomic mass is 35.5. The van der Waals surface area contributed by atoms with Crippen LogP contribution in [0.4, 0.5) is 13.2 Å². The maximum atomic E-state index is 15.8. The lowest BCUT2D eigenvalue weighted by atomic mass is 9.73. The summed E-state index contributed by atoms with van der Waals surface area (Å²) in [5.74, 6) is -11.8. The van der Waals surface area contributed by atoms with E-state index in [-0.39, 0.29) is 127 Å². The first-order chi connectivity index (χ1) is 49.2. The van der Waals surface area contributed by atoms with Gasteiger partial charge in [-0.05, 0) is 132 Å². The number of halogens is 4. The van der Waals surface area contributed by atoms with Gasteiger partial charge in [0.2, 0.25) is 65.0 Å². The Balaban J connectivity index is 1.18. The van der Waals surface area contributed by atoms with Gasteiger partial charge in [-0.3, -0.25) is 57.5 Å². The van der Waals surface area contributed by atoms with E-state index in [0.717, 1.165) is 38.5 Å². The van der Waals surface area contributed by atoms with Crippen LogP contribution in [-0.2, 0) is 62.3 Å². The Labute approximate surface area is 618 Å². The number of nitrogens with zero attached hydrogens (tertiary/aromatic N) is 8. The lowest BCUT2D eigenvalue weighted by molar-refractivity contribution is -0.182. The average molecular weight is 1490 g/mol. The van der Waals surface area contributed by atoms with Gasteiger partial charge in [0.25, 0.3) is 0 Å². The number of amides is 11. The summed E-state index contributed by atoms with van der Waals surface area (Å²) in [6.07, 6.45) is 7.59. The molecule has 24 nitrogen and oxygen atoms in total. The van der Waals surface area contributed by atoms with Crippen molar-refractivity contribution in [1.82, 2.24) is 55.1 Å². The second-order valence-corrected chi connectivity index (χ2v) is 32.9. The first-order valence-electron chi connectivity index (χ1n) is 38.7. The number of ketones is 1. The molecule has 3 N–H and O–H groups in total. The predicted molar refractivity (Wildman–Crippen MR) is 384 cm³/mol. The largest absolute Gasteiger partial charge is 0.393 e. The second-order valence-electron chi connectivity index (χ2n) is 32.4. The van der Waals surface area contributed by atoms with E-state index in [9.17, 15) is 32.3 Å². The minimum Gasteiger partial charge on any atom is -0.378 e. The number of Topliss-reactive ketones (excluding diaryl/α,β-unsaturated/α-hetero) is 1. The third-order valence-corrected chi connectivity index (χ3v) is 25.1. The van der Waals surface area contributed by atoms with Crippen molar-refractivity contribution in [2.45, 2.75) is 255 Å². The standard InChI is InChI=1S/C76H119ClF3N11O13/c1-12-48(5)64-72(101)85(7)45-63(94)86(8)57-23-16-15-22-52(66(57)95)53(41-49-27-25-47(4)26-28-49)69(98)84(6)44-61(92)81-56(32-30-50-29-31-54(55(77)42-50)76(78,79)80)70(99)91-35-19-24-58(91)68(97)83-75(33-17-18-34-75)74(103)89(11)65(51-20-13-14-21-51)73(102)88(10)60(71(100)90-36-38-104-39-37-90)43-62(93)87(9)59(40-46(2)3)67(96)82-64/h15-16,46-60,64-65H,12-14,17-45H2,1-11H3,(H,81,92)(H,82,96)(H,83,97)/t47?,48-,49?,50?,52?,53+,54?,55?,56-,57-,58-,59-,60-,64-,65-/m0/s1. The van der Waals surface area contributed by atoms with Crippen molar-refractivity contribution in [3.8, 4) is 0 Å². The third kappa shape index (κ3) is 20.2. The molecule has 0 aromatic rings. The Hall–Kier alpha value is -6.38. The van der Waals surface area contributed by atoms with E-state index >= 15 is 38.4 Å². The van der Waals surface area contributed by atoms with Crippen LogP contribution in [0.2, 0.25) is 0 Å². The number of morpholine rings is 1. The number of fused-ring (bicyclic) bond motifs is 3. The third-order valence-electron chi connectivity index (χ3n) is 24.6. The lowest BCUT2D eigenvalue weighted by Gasteiger charge is -2.42. The number of hydrogen-bond donors (Lipinski definition) is 3. The number of carbonyl (C=O) groups excluding carboxylic acids is 12. The minimum atomic E-state index is -4.51. The van der Waals surface area contributed by atoms with Crippen LogP contribution in [0.5, 0.6) is 0 Å². The van der Waals surface area contributed by atoms with Crippen LogP contribution in [0.3, 0.4) is 0 Å². The van der Waals surface area contributed by atoms with Crippen molar-refractivity contribution >= 4 is 82.4 Å². The highest BCUT2D eigenvalue weighted by Crippen LogP contribution is 2.45. The molecule has 7 fully saturated rings. The lowest BCUT2D eigenvalue weighted by Crippen LogP contribution is -2.65. The molecule has 3 heterocycles. The smallest absolute Gasteiger partial charge is 0.378 e. The Morgan fingerprint density at radius 1 is 0.663 bits per heavy atom. The Kier molecular flexibility index (Phi) is 29.6. The highest BCUT2D eigenvalue weighted by molar-refractivity contribution is 6.21. The number of nitrogens with one attached hydrogen (secondary N) is 3. The van der Waals surface area contributed by atoms with E-state index in [2.05, 4.69) is 22.9 Å². The van der Waals surface area contributed by atoms with Gasteiger partial charge in [0, 0.05) is 79.1 Å². The molecule has 0 aromatic heterocycles. The second kappa shape index (κ2) is 37.0. The molecule has 104 heavy (non-hydrogen) atoms. The summed E-state index contributed by atoms with van der Waals surface area (Å²) >= 11 is 6.44. The summed E-state index contributed by atoms with van der Waals surface area (Å²) < 4.78 is 47.8. The Bertz CT molecular complexity index is 3100. The molecule has 0 radical (unpaired) electrons. The molecular formula is C76H119ClF3N11O13. The molecule has 2 bridgehead atoms. The summed E-state index contributed by atoms with van der Waals surface area (Å²) in [6.45, 7) is 9.25. The molecule has 11 amide bonds. The first-order valence-corrected chi connectivity index (χ1v) is 39.1. The van der Waals surface area contributed by atoms with Gasteiger partial charge in [-0.25, -0.2) is 0 Å². The molecule has 8 aliphatic rings. The van der Waals surface area contributed by atoms with Gasteiger partial charge < -0.3 is 59.9 Å². The summed E-state index contributed by atoms with van der Waals surface area (Å²) in [7, 11) is 8.75. The quantitative estimate of drug-likeness (QED) is 0.141. The molecular weight excluding hydrogens is 1370 g/mol. The topological polar surface area (TPSA) is 276 Å². The molecule has 1 spiro atoms. The maximum Gasteiger partial charge on any atom is 0.393 e. The van der Waals surface area contributed by atoms with E-state index in [1.54, 1.807) is 13.0 Å². The Morgan fingerprint density at radius 3 is 1.92 bits per heavy atom. The van der Waals surface area contributed by atoms with Crippen LogP contribution >= 0.6 is 11.6 Å². The van der Waals surface area contributed by atoms with Gasteiger partial charge in [0.15, 0.2) is 5.78 Å². The molecule has 4 saturated carbocycles. The van der Waals surface area contributed by atoms with Crippen molar-refractivity contribution in [1.29, 1.82) is 0 Å². The monoisotopic (exact) mass is 1490 g/mol. The van der Waals surface area contributed by atoms with E-state index in [4.69, 9.17) is 16.3 Å². The molecule has 3 saturated heterocycles. The number of likely N-dealkylation sites (N-methyl/N-ethyl adjacent to an activating group) is 6. The van der Waals surface area contributed by atoms with Crippen LogP contribution < -0.4 is 16.0 Å². The summed E-state index contributed by atoms with van der Waals surface area (Å²) in [5.41, 5.74) is -1.56. The van der Waals surface area contributed by atoms with Crippen LogP contribution in [0.25, 0.3) is 0 Å². The van der Waals surface area contributed by atoms with E-state index in [1.807, 2.05) is 26.8 Å². The molecule has 28 heteroatoms. The number of carbonyl (C=O) groups is 12. The highest BCUT2D eigenvalue weighted by Gasteiger charge is 2.53. The molecule has 8 rings (SSSR count). The fourth-order valence-electron chi connectivity index (χ4n) is 17.8. The van der Waals surface area contributed by atoms with Gasteiger partial charge in [-0.1, -0.05) is 105 Å². The van der Waals surface area contributed by atoms with Crippen LogP contribution in [0.1, 0.15) is 195 Å². The Morgan fingerprint density at radius 2 is 1.30 bits per heavy atom. The van der Waals surface area contributed by atoms with Crippen molar-refractivity contribution in [2.75, 3.05) is 88.2 Å². The van der Waals surface area contributed by atoms with Crippen LogP contribution in [0.15, 0.2) is 12.2 Å². The fraction of sp³-hybridized carbons (Fsp3) is 0.816. The van der Waals surface area contributed by atoms with Gasteiger partial charge in [-0.2, -0.15) is 13.2 Å². The van der Waals surface area contributed by atoms with Crippen molar-refractivity contribution in [3.05, 3.63) is 12.2 Å². The van der Waals surface area contributed by atoms with Gasteiger partial charge in [0.1, 0.15) is 41.8 Å². The molecule has 584 valence electrons. The first kappa shape index (κ1) is 83.3. The van der Waals surface area contributed by atoms with E-state index in [0.29, 0.717) is 50.9 Å². The summed E-state index contributed by atoms with van der Waals surface area (Å²) in [6, 6.07) is -8.60. The fourth-order valence-corrected chi connectivity index (χ4v) is 18.3. The zero-order chi connectivity index (χ0) is 76.2. The van der Waals surface area contributed by atoms with E-state index < -0.39 is 173 Å². The molecule has 4 unspecified atom stereocenters. The van der Waals surface area contributed by atoms with E-state index in [1.165, 1.54) is 81.5 Å². The normalized spacial score (nSPS) is 32.4. The zero-order valence-electron chi connectivity index (χ0n) is 63.5. The van der Waals surface area contributed by atoms with Crippen LogP contribution in [0, 0.1) is 53.3 Å². The number of allylic oxidation sites excluding steroid dienone is 1. The average Bonchev–Trinajstić information content (AvgIpc) is 1.46. The molecule has 0 aromatic carbocycles. The predicted octanol–water partition coefficient (Wildman–Crippen LogP) is 6.88. The van der Waals surface area contributed by atoms with Crippen molar-refractivity contribution in [2.24, 2.45) is 53.3 Å². The SMILES string of the molecule is CC[C@H](C)[C@@H]1NC(=O)[C@H](CC(C)C)N(C)C(=O)C[C@@H](C(=O)N2CCOCC2)N(C)C(=O)[C@H](C2CCCC2)N(C)C(=O)C2(CCCC2)NC(=O)[C@@H]2CCCN2C(=O)[C@H](CCC2CCC(C(F)(F)F)C(Cl)C2)NC(=O)CN(C)C(=O)[C@H](CC2CCC(C)CC2)C2CC=CC[C@@H](C2=O)N(C)C(=O)CN(C)C1=O. The van der Waals surface area contributed by atoms with Gasteiger partial charge in [0.05, 0.1) is 44.7 Å². The van der Waals surface area contributed by atoms with Gasteiger partial charge in [-0.15, -0.1) is 11.6 Å².